The smallest absolute Gasteiger partial charge is 0.336 e. The number of hydrogen-bond donors (Lipinski definition) is 3. The number of rotatable bonds is 6. The molecule has 5 heteroatoms. The van der Waals surface area contributed by atoms with Crippen molar-refractivity contribution in [2.24, 2.45) is 0 Å². The van der Waals surface area contributed by atoms with Gasteiger partial charge >= 0.3 is 5.97 Å². The van der Waals surface area contributed by atoms with Crippen molar-refractivity contribution in [3.05, 3.63) is 65.0 Å². The van der Waals surface area contributed by atoms with Crippen molar-refractivity contribution >= 4 is 5.97 Å². The fourth-order valence-corrected chi connectivity index (χ4v) is 3.25. The normalized spacial score (nSPS) is 14.1. The lowest BCUT2D eigenvalue weighted by Gasteiger charge is -2.34. The summed E-state index contributed by atoms with van der Waals surface area (Å²) in [6.45, 7) is 5.23. The van der Waals surface area contributed by atoms with Crippen LogP contribution in [0.2, 0.25) is 0 Å². The first-order valence-electron chi connectivity index (χ1n) is 8.04. The number of hydrogen-bond acceptors (Lipinski definition) is 3. The van der Waals surface area contributed by atoms with E-state index in [1.807, 2.05) is 19.1 Å². The zero-order chi connectivity index (χ0) is 18.8. The third kappa shape index (κ3) is 4.37. The topological polar surface area (TPSA) is 77.8 Å². The van der Waals surface area contributed by atoms with Crippen LogP contribution in [-0.2, 0) is 16.6 Å². The molecule has 0 radical (unpaired) electrons. The van der Waals surface area contributed by atoms with Crippen LogP contribution in [0.4, 0.5) is 4.39 Å². The van der Waals surface area contributed by atoms with Gasteiger partial charge in [0.2, 0.25) is 0 Å². The maximum Gasteiger partial charge on any atom is 0.336 e. The van der Waals surface area contributed by atoms with E-state index in [0.717, 1.165) is 11.6 Å². The molecule has 1 atom stereocenters. The maximum absolute atomic E-state index is 13.6. The minimum atomic E-state index is -2.05. The Labute approximate surface area is 146 Å². The highest BCUT2D eigenvalue weighted by molar-refractivity contribution is 5.78. The van der Waals surface area contributed by atoms with Gasteiger partial charge < -0.3 is 15.3 Å². The van der Waals surface area contributed by atoms with Gasteiger partial charge in [0.25, 0.3) is 0 Å². The Balaban J connectivity index is 2.36. The second-order valence-electron chi connectivity index (χ2n) is 7.22. The van der Waals surface area contributed by atoms with E-state index in [-0.39, 0.29) is 24.2 Å². The number of carboxylic acid groups (broad SMARTS) is 1. The molecule has 0 amide bonds. The number of carbonyl (C=O) groups is 1. The summed E-state index contributed by atoms with van der Waals surface area (Å²) in [7, 11) is 0. The van der Waals surface area contributed by atoms with Gasteiger partial charge in [-0.1, -0.05) is 43.7 Å². The van der Waals surface area contributed by atoms with Crippen molar-refractivity contribution in [3.8, 4) is 5.75 Å². The van der Waals surface area contributed by atoms with E-state index in [4.69, 9.17) is 0 Å². The second-order valence-corrected chi connectivity index (χ2v) is 7.22. The van der Waals surface area contributed by atoms with Crippen molar-refractivity contribution in [3.63, 3.8) is 0 Å². The minimum Gasteiger partial charge on any atom is -0.508 e. The highest BCUT2D eigenvalue weighted by Gasteiger charge is 2.42. The van der Waals surface area contributed by atoms with Crippen molar-refractivity contribution in [2.45, 2.75) is 44.6 Å². The fourth-order valence-electron chi connectivity index (χ4n) is 3.25. The van der Waals surface area contributed by atoms with E-state index in [2.05, 4.69) is 0 Å². The molecule has 3 N–H and O–H groups in total. The largest absolute Gasteiger partial charge is 0.508 e. The summed E-state index contributed by atoms with van der Waals surface area (Å²) in [6.07, 6.45) is -0.260. The summed E-state index contributed by atoms with van der Waals surface area (Å²) in [5.41, 5.74) is -1.08. The highest BCUT2D eigenvalue weighted by atomic mass is 19.1. The molecule has 134 valence electrons. The SMILES string of the molecule is Cc1cccc(CC(O)(CC(C)(C)c2cc(F)ccc2O)C(=O)O)c1. The van der Waals surface area contributed by atoms with Crippen LogP contribution in [0.25, 0.3) is 0 Å². The molecule has 0 aliphatic rings. The van der Waals surface area contributed by atoms with Crippen LogP contribution in [0.15, 0.2) is 42.5 Å². The van der Waals surface area contributed by atoms with Crippen molar-refractivity contribution in [1.82, 2.24) is 0 Å². The Morgan fingerprint density at radius 1 is 1.16 bits per heavy atom. The molecule has 25 heavy (non-hydrogen) atoms. The lowest BCUT2D eigenvalue weighted by molar-refractivity contribution is -0.160. The molecule has 0 heterocycles. The number of aliphatic carboxylic acids is 1. The lowest BCUT2D eigenvalue weighted by Crippen LogP contribution is -2.45. The van der Waals surface area contributed by atoms with Crippen molar-refractivity contribution in [2.75, 3.05) is 0 Å². The van der Waals surface area contributed by atoms with Gasteiger partial charge in [0.05, 0.1) is 0 Å². The van der Waals surface area contributed by atoms with E-state index < -0.39 is 22.8 Å². The molecular formula is C20H23FO4. The average Bonchev–Trinajstić information content (AvgIpc) is 2.48. The van der Waals surface area contributed by atoms with Gasteiger partial charge in [0.1, 0.15) is 11.6 Å². The zero-order valence-corrected chi connectivity index (χ0v) is 14.6. The van der Waals surface area contributed by atoms with Gasteiger partial charge in [-0.25, -0.2) is 9.18 Å². The predicted molar refractivity (Wildman–Crippen MR) is 93.2 cm³/mol. The molecule has 0 bridgehead atoms. The standard InChI is InChI=1S/C20H23FO4/c1-13-5-4-6-14(9-13)11-20(25,18(23)24)12-19(2,3)16-10-15(21)7-8-17(16)22/h4-10,22,25H,11-12H2,1-3H3,(H,23,24). The minimum absolute atomic E-state index is 0.0798. The molecule has 4 nitrogen and oxygen atoms in total. The molecule has 2 aromatic carbocycles. The first-order valence-corrected chi connectivity index (χ1v) is 8.04. The van der Waals surface area contributed by atoms with Crippen LogP contribution in [0.5, 0.6) is 5.75 Å². The summed E-state index contributed by atoms with van der Waals surface area (Å²) in [6, 6.07) is 10.8. The van der Waals surface area contributed by atoms with E-state index >= 15 is 0 Å². The third-order valence-corrected chi connectivity index (χ3v) is 4.40. The predicted octanol–water partition coefficient (Wildman–Crippen LogP) is 3.57. The number of aromatic hydroxyl groups is 1. The van der Waals surface area contributed by atoms with E-state index in [0.29, 0.717) is 5.56 Å². The van der Waals surface area contributed by atoms with Crippen molar-refractivity contribution < 1.29 is 24.5 Å². The number of benzene rings is 2. The molecular weight excluding hydrogens is 323 g/mol. The molecule has 2 aromatic rings. The molecule has 0 saturated carbocycles. The van der Waals surface area contributed by atoms with Crippen LogP contribution in [-0.4, -0.2) is 26.9 Å². The summed E-state index contributed by atoms with van der Waals surface area (Å²) in [5.74, 6) is -2.01. The molecule has 0 spiro atoms. The quantitative estimate of drug-likeness (QED) is 0.747. The van der Waals surface area contributed by atoms with Gasteiger partial charge in [0.15, 0.2) is 5.60 Å². The molecule has 2 rings (SSSR count). The van der Waals surface area contributed by atoms with Crippen LogP contribution < -0.4 is 0 Å². The Morgan fingerprint density at radius 2 is 1.84 bits per heavy atom. The molecule has 0 aliphatic carbocycles. The summed E-state index contributed by atoms with van der Waals surface area (Å²) < 4.78 is 13.6. The van der Waals surface area contributed by atoms with Crippen LogP contribution in [0.1, 0.15) is 37.0 Å². The fraction of sp³-hybridized carbons (Fsp3) is 0.350. The Hall–Kier alpha value is -2.40. The number of aryl methyl sites for hydroxylation is 1. The Morgan fingerprint density at radius 3 is 2.44 bits per heavy atom. The Bertz CT molecular complexity index is 785. The first-order chi connectivity index (χ1) is 11.5. The van der Waals surface area contributed by atoms with E-state index in [9.17, 15) is 24.5 Å². The average molecular weight is 346 g/mol. The molecule has 0 fully saturated rings. The molecule has 0 saturated heterocycles. The molecule has 1 unspecified atom stereocenters. The number of aliphatic hydroxyl groups is 1. The number of halogens is 1. The zero-order valence-electron chi connectivity index (χ0n) is 14.6. The lowest BCUT2D eigenvalue weighted by atomic mass is 9.73. The number of carboxylic acids is 1. The van der Waals surface area contributed by atoms with Gasteiger partial charge in [-0.05, 0) is 42.5 Å². The third-order valence-electron chi connectivity index (χ3n) is 4.40. The van der Waals surface area contributed by atoms with Gasteiger partial charge in [-0.3, -0.25) is 0 Å². The highest BCUT2D eigenvalue weighted by Crippen LogP contribution is 2.38. The van der Waals surface area contributed by atoms with Gasteiger partial charge in [0, 0.05) is 12.0 Å². The second kappa shape index (κ2) is 6.84. The maximum atomic E-state index is 13.6. The van der Waals surface area contributed by atoms with Gasteiger partial charge in [-0.15, -0.1) is 0 Å². The van der Waals surface area contributed by atoms with Crippen molar-refractivity contribution in [1.29, 1.82) is 0 Å². The van der Waals surface area contributed by atoms with E-state index in [1.54, 1.807) is 26.0 Å². The summed E-state index contributed by atoms with van der Waals surface area (Å²) >= 11 is 0. The van der Waals surface area contributed by atoms with Gasteiger partial charge in [-0.2, -0.15) is 0 Å². The Kier molecular flexibility index (Phi) is 5.18. The monoisotopic (exact) mass is 346 g/mol. The molecule has 0 aliphatic heterocycles. The van der Waals surface area contributed by atoms with E-state index in [1.165, 1.54) is 12.1 Å². The summed E-state index contributed by atoms with van der Waals surface area (Å²) in [5, 5.41) is 30.5. The first kappa shape index (κ1) is 18.9. The van der Waals surface area contributed by atoms with Crippen LogP contribution in [0.3, 0.4) is 0 Å². The van der Waals surface area contributed by atoms with Crippen LogP contribution >= 0.6 is 0 Å². The summed E-state index contributed by atoms with van der Waals surface area (Å²) in [4.78, 5) is 11.8. The van der Waals surface area contributed by atoms with Crippen LogP contribution in [0, 0.1) is 12.7 Å². The molecule has 0 aromatic heterocycles. The number of phenols is 1. The number of phenolic OH excluding ortho intramolecular Hbond substituents is 1.